The third kappa shape index (κ3) is 3.35. The van der Waals surface area contributed by atoms with Crippen molar-refractivity contribution in [2.24, 2.45) is 0 Å². The van der Waals surface area contributed by atoms with Gasteiger partial charge in [-0.1, -0.05) is 12.1 Å². The molecule has 2 aromatic carbocycles. The van der Waals surface area contributed by atoms with Gasteiger partial charge in [-0.15, -0.1) is 11.8 Å². The van der Waals surface area contributed by atoms with E-state index < -0.39 is 0 Å². The van der Waals surface area contributed by atoms with Gasteiger partial charge in [0.05, 0.1) is 29.9 Å². The Balaban J connectivity index is 1.57. The van der Waals surface area contributed by atoms with Gasteiger partial charge in [0, 0.05) is 11.3 Å². The largest absolute Gasteiger partial charge is 0.490 e. The van der Waals surface area contributed by atoms with Crippen molar-refractivity contribution in [2.45, 2.75) is 24.0 Å². The maximum Gasteiger partial charge on any atom is 0.258 e. The normalized spacial score (nSPS) is 13.6. The number of nitrogens with one attached hydrogen (secondary N) is 1. The SMILES string of the molecule is Cc1cccc2c(=O)[nH]c(CSc3ccc4c(c3)OCCCO4)nc12. The third-order valence-corrected chi connectivity index (χ3v) is 5.09. The second-order valence-corrected chi connectivity index (χ2v) is 6.98. The first-order valence-electron chi connectivity index (χ1n) is 8.22. The first kappa shape index (κ1) is 16.0. The van der Waals surface area contributed by atoms with Gasteiger partial charge >= 0.3 is 0 Å². The minimum Gasteiger partial charge on any atom is -0.490 e. The monoisotopic (exact) mass is 354 g/mol. The van der Waals surface area contributed by atoms with Crippen LogP contribution >= 0.6 is 11.8 Å². The standard InChI is InChI=1S/C19H18N2O3S/c1-12-4-2-5-14-18(12)20-17(21-19(14)22)11-25-13-6-7-15-16(10-13)24-9-3-8-23-15/h2,4-7,10H,3,8-9,11H2,1H3,(H,20,21,22). The quantitative estimate of drug-likeness (QED) is 0.727. The van der Waals surface area contributed by atoms with Crippen LogP contribution in [0, 0.1) is 6.92 Å². The molecular formula is C19H18N2O3S. The second-order valence-electron chi connectivity index (χ2n) is 5.93. The summed E-state index contributed by atoms with van der Waals surface area (Å²) in [4.78, 5) is 20.8. The number of aromatic amines is 1. The van der Waals surface area contributed by atoms with E-state index in [1.807, 2.05) is 37.3 Å². The van der Waals surface area contributed by atoms with E-state index >= 15 is 0 Å². The lowest BCUT2D eigenvalue weighted by atomic mass is 10.1. The van der Waals surface area contributed by atoms with Crippen LogP contribution in [0.25, 0.3) is 10.9 Å². The average Bonchev–Trinajstić information content (AvgIpc) is 2.86. The molecule has 1 aliphatic rings. The van der Waals surface area contributed by atoms with Crippen LogP contribution in [0.15, 0.2) is 46.1 Å². The fourth-order valence-electron chi connectivity index (χ4n) is 2.81. The molecule has 0 radical (unpaired) electrons. The Kier molecular flexibility index (Phi) is 4.36. The van der Waals surface area contributed by atoms with Crippen LogP contribution in [0.5, 0.6) is 11.5 Å². The van der Waals surface area contributed by atoms with Crippen LogP contribution in [0.4, 0.5) is 0 Å². The molecule has 0 unspecified atom stereocenters. The van der Waals surface area contributed by atoms with E-state index in [1.54, 1.807) is 17.8 Å². The predicted molar refractivity (Wildman–Crippen MR) is 98.7 cm³/mol. The Morgan fingerprint density at radius 1 is 1.16 bits per heavy atom. The summed E-state index contributed by atoms with van der Waals surface area (Å²) in [6.07, 6.45) is 0.888. The van der Waals surface area contributed by atoms with Crippen molar-refractivity contribution in [1.29, 1.82) is 0 Å². The van der Waals surface area contributed by atoms with Gasteiger partial charge in [0.2, 0.25) is 0 Å². The summed E-state index contributed by atoms with van der Waals surface area (Å²) in [5.74, 6) is 2.82. The van der Waals surface area contributed by atoms with Gasteiger partial charge in [-0.3, -0.25) is 4.79 Å². The summed E-state index contributed by atoms with van der Waals surface area (Å²) in [5, 5.41) is 0.629. The second kappa shape index (κ2) is 6.80. The number of fused-ring (bicyclic) bond motifs is 2. The van der Waals surface area contributed by atoms with Crippen LogP contribution in [0.2, 0.25) is 0 Å². The van der Waals surface area contributed by atoms with Crippen molar-refractivity contribution in [3.05, 3.63) is 58.1 Å². The van der Waals surface area contributed by atoms with E-state index in [2.05, 4.69) is 9.97 Å². The summed E-state index contributed by atoms with van der Waals surface area (Å²) < 4.78 is 11.4. The van der Waals surface area contributed by atoms with Gasteiger partial charge in [0.1, 0.15) is 5.82 Å². The number of ether oxygens (including phenoxy) is 2. The molecule has 0 saturated heterocycles. The van der Waals surface area contributed by atoms with Crippen molar-refractivity contribution < 1.29 is 9.47 Å². The zero-order valence-corrected chi connectivity index (χ0v) is 14.7. The number of benzene rings is 2. The number of H-pyrrole nitrogens is 1. The minimum absolute atomic E-state index is 0.0945. The molecule has 128 valence electrons. The number of hydrogen-bond acceptors (Lipinski definition) is 5. The Bertz CT molecular complexity index is 984. The molecule has 0 atom stereocenters. The highest BCUT2D eigenvalue weighted by Gasteiger charge is 2.12. The zero-order chi connectivity index (χ0) is 17.2. The molecule has 0 bridgehead atoms. The van der Waals surface area contributed by atoms with Crippen LogP contribution < -0.4 is 15.0 Å². The zero-order valence-electron chi connectivity index (χ0n) is 13.9. The predicted octanol–water partition coefficient (Wildman–Crippen LogP) is 3.69. The van der Waals surface area contributed by atoms with Gasteiger partial charge in [-0.05, 0) is 36.8 Å². The van der Waals surface area contributed by atoms with Gasteiger partial charge in [0.15, 0.2) is 11.5 Å². The molecule has 1 aromatic heterocycles. The maximum absolute atomic E-state index is 12.3. The van der Waals surface area contributed by atoms with Crippen molar-refractivity contribution >= 4 is 22.7 Å². The van der Waals surface area contributed by atoms with Gasteiger partial charge in [0.25, 0.3) is 5.56 Å². The van der Waals surface area contributed by atoms with Crippen LogP contribution in [0.3, 0.4) is 0 Å². The number of aryl methyl sites for hydroxylation is 1. The van der Waals surface area contributed by atoms with Crippen molar-refractivity contribution in [3.8, 4) is 11.5 Å². The van der Waals surface area contributed by atoms with Gasteiger partial charge < -0.3 is 14.5 Å². The number of aromatic nitrogens is 2. The fourth-order valence-corrected chi connectivity index (χ4v) is 3.60. The Morgan fingerprint density at radius 3 is 2.88 bits per heavy atom. The molecule has 3 aromatic rings. The summed E-state index contributed by atoms with van der Waals surface area (Å²) in [6.45, 7) is 3.32. The van der Waals surface area contributed by atoms with Crippen LogP contribution in [0.1, 0.15) is 17.8 Å². The van der Waals surface area contributed by atoms with E-state index in [1.165, 1.54) is 0 Å². The highest BCUT2D eigenvalue weighted by molar-refractivity contribution is 7.98. The molecule has 2 heterocycles. The number of thioether (sulfide) groups is 1. The van der Waals surface area contributed by atoms with E-state index in [-0.39, 0.29) is 5.56 Å². The molecule has 4 rings (SSSR count). The Hall–Kier alpha value is -2.47. The number of hydrogen-bond donors (Lipinski definition) is 1. The van der Waals surface area contributed by atoms with E-state index in [0.29, 0.717) is 30.2 Å². The molecule has 5 nitrogen and oxygen atoms in total. The maximum atomic E-state index is 12.3. The van der Waals surface area contributed by atoms with Crippen molar-refractivity contribution in [3.63, 3.8) is 0 Å². The molecule has 0 amide bonds. The van der Waals surface area contributed by atoms with Crippen LogP contribution in [-0.2, 0) is 5.75 Å². The molecule has 0 fully saturated rings. The summed E-state index contributed by atoms with van der Waals surface area (Å²) in [6, 6.07) is 11.6. The Morgan fingerprint density at radius 2 is 2.00 bits per heavy atom. The minimum atomic E-state index is -0.0945. The van der Waals surface area contributed by atoms with E-state index in [4.69, 9.17) is 9.47 Å². The molecule has 6 heteroatoms. The Labute approximate surface area is 149 Å². The smallest absolute Gasteiger partial charge is 0.258 e. The molecule has 0 spiro atoms. The lowest BCUT2D eigenvalue weighted by molar-refractivity contribution is 0.297. The lowest BCUT2D eigenvalue weighted by Gasteiger charge is -2.09. The molecule has 0 aliphatic carbocycles. The van der Waals surface area contributed by atoms with E-state index in [9.17, 15) is 4.79 Å². The number of nitrogens with zero attached hydrogens (tertiary/aromatic N) is 1. The fraction of sp³-hybridized carbons (Fsp3) is 0.263. The first-order chi connectivity index (χ1) is 12.2. The van der Waals surface area contributed by atoms with Gasteiger partial charge in [-0.2, -0.15) is 0 Å². The summed E-state index contributed by atoms with van der Waals surface area (Å²) in [5.41, 5.74) is 1.67. The average molecular weight is 354 g/mol. The summed E-state index contributed by atoms with van der Waals surface area (Å²) in [7, 11) is 0. The highest BCUT2D eigenvalue weighted by atomic mass is 32.2. The molecule has 1 N–H and O–H groups in total. The van der Waals surface area contributed by atoms with E-state index in [0.717, 1.165) is 33.9 Å². The third-order valence-electron chi connectivity index (χ3n) is 4.08. The van der Waals surface area contributed by atoms with Crippen LogP contribution in [-0.4, -0.2) is 23.2 Å². The molecule has 0 saturated carbocycles. The number of para-hydroxylation sites is 1. The molecule has 1 aliphatic heterocycles. The molecule has 25 heavy (non-hydrogen) atoms. The van der Waals surface area contributed by atoms with Gasteiger partial charge in [-0.25, -0.2) is 4.98 Å². The summed E-state index contributed by atoms with van der Waals surface area (Å²) >= 11 is 1.61. The molecular weight excluding hydrogens is 336 g/mol. The highest BCUT2D eigenvalue weighted by Crippen LogP contribution is 2.34. The first-order valence-corrected chi connectivity index (χ1v) is 9.20. The van der Waals surface area contributed by atoms with Crippen molar-refractivity contribution in [1.82, 2.24) is 9.97 Å². The number of rotatable bonds is 3. The van der Waals surface area contributed by atoms with Crippen molar-refractivity contribution in [2.75, 3.05) is 13.2 Å². The topological polar surface area (TPSA) is 64.2 Å². The lowest BCUT2D eigenvalue weighted by Crippen LogP contribution is -2.11.